The molecule has 1 atom stereocenters. The molecule has 0 saturated heterocycles. The van der Waals surface area contributed by atoms with E-state index in [0.29, 0.717) is 0 Å². The second-order valence-corrected chi connectivity index (χ2v) is 1.88. The Hall–Kier alpha value is -0.140. The predicted octanol–water partition coefficient (Wildman–Crippen LogP) is -2.21. The van der Waals surface area contributed by atoms with Gasteiger partial charge in [0.2, 0.25) is 0 Å². The van der Waals surface area contributed by atoms with Crippen molar-refractivity contribution >= 4 is 41.5 Å². The van der Waals surface area contributed by atoms with Gasteiger partial charge in [-0.1, -0.05) is 0 Å². The third-order valence-electron chi connectivity index (χ3n) is 0.986. The molecule has 7 heteroatoms. The second kappa shape index (κ2) is 8.95. The maximum absolute atomic E-state index is 9.99. The zero-order valence-electron chi connectivity index (χ0n) is 5.78. The van der Waals surface area contributed by atoms with Crippen molar-refractivity contribution in [3.63, 3.8) is 0 Å². The molecule has 0 aromatic carbocycles. The molecule has 0 aromatic heterocycles. The summed E-state index contributed by atoms with van der Waals surface area (Å²) in [5, 5.41) is 16.3. The zero-order chi connectivity index (χ0) is 8.15. The van der Waals surface area contributed by atoms with E-state index in [4.69, 9.17) is 15.9 Å². The van der Waals surface area contributed by atoms with Crippen LogP contribution in [0.3, 0.4) is 0 Å². The molecule has 68 valence electrons. The Morgan fingerprint density at radius 1 is 1.33 bits per heavy atom. The minimum atomic E-state index is -1.17. The first-order valence-corrected chi connectivity index (χ1v) is 2.74. The topological polar surface area (TPSA) is 132 Å². The van der Waals surface area contributed by atoms with E-state index in [9.17, 15) is 9.59 Å². The number of carbonyl (C=O) groups is 2. The Bertz CT molecular complexity index is 151. The van der Waals surface area contributed by atoms with E-state index in [1.165, 1.54) is 0 Å². The molecule has 0 bridgehead atoms. The maximum atomic E-state index is 9.99. The molecule has 0 aliphatic rings. The zero-order valence-corrected chi connectivity index (χ0v) is 5.78. The van der Waals surface area contributed by atoms with Gasteiger partial charge >= 0.3 is 41.5 Å². The van der Waals surface area contributed by atoms with Gasteiger partial charge in [-0.15, -0.1) is 0 Å². The Morgan fingerprint density at radius 2 is 1.75 bits per heavy atom. The Kier molecular flexibility index (Phi) is 13.3. The van der Waals surface area contributed by atoms with E-state index in [-0.39, 0.29) is 47.9 Å². The van der Waals surface area contributed by atoms with Crippen LogP contribution in [0.5, 0.6) is 0 Å². The predicted molar refractivity (Wildman–Crippen MR) is 43.2 cm³/mol. The van der Waals surface area contributed by atoms with Gasteiger partial charge in [0.25, 0.3) is 0 Å². The summed E-state index contributed by atoms with van der Waals surface area (Å²) in [7, 11) is 0. The standard InChI is InChI=1S/C5H9NO4.Na.H2O.H/c6-3(5(9)10)1-2-4(7)8;;;/h3H,1-2,6H2,(H,7,8)(H,9,10);;1H2;/t3-;;;/m0.../s1. The van der Waals surface area contributed by atoms with Crippen LogP contribution < -0.4 is 5.73 Å². The van der Waals surface area contributed by atoms with E-state index in [0.717, 1.165) is 0 Å². The van der Waals surface area contributed by atoms with Crippen LogP contribution in [0, 0.1) is 0 Å². The van der Waals surface area contributed by atoms with Crippen molar-refractivity contribution in [1.82, 2.24) is 0 Å². The number of aliphatic carboxylic acids is 2. The van der Waals surface area contributed by atoms with Crippen molar-refractivity contribution in [3.05, 3.63) is 0 Å². The summed E-state index contributed by atoms with van der Waals surface area (Å²) in [5.74, 6) is -2.20. The quantitative estimate of drug-likeness (QED) is 0.431. The minimum absolute atomic E-state index is 0. The van der Waals surface area contributed by atoms with Gasteiger partial charge in [0, 0.05) is 6.42 Å². The number of hydrogen-bond donors (Lipinski definition) is 3. The Labute approximate surface area is 91.3 Å². The fraction of sp³-hybridized carbons (Fsp3) is 0.600. The van der Waals surface area contributed by atoms with Gasteiger partial charge in [-0.25, -0.2) is 0 Å². The first-order chi connectivity index (χ1) is 4.54. The summed E-state index contributed by atoms with van der Waals surface area (Å²) in [6.45, 7) is 0. The fourth-order valence-corrected chi connectivity index (χ4v) is 0.402. The van der Waals surface area contributed by atoms with Crippen LogP contribution in [0.1, 0.15) is 12.8 Å². The average Bonchev–Trinajstić information content (AvgIpc) is 1.82. The molecule has 0 heterocycles. The molecule has 0 rings (SSSR count). The molecule has 0 saturated carbocycles. The van der Waals surface area contributed by atoms with E-state index in [2.05, 4.69) is 0 Å². The molecule has 0 unspecified atom stereocenters. The molecule has 0 spiro atoms. The van der Waals surface area contributed by atoms with Crippen molar-refractivity contribution in [2.24, 2.45) is 5.73 Å². The SMILES string of the molecule is N[C@@H](CCC(=O)O)C(=O)O.O.[NaH]. The van der Waals surface area contributed by atoms with Crippen molar-refractivity contribution in [3.8, 4) is 0 Å². The van der Waals surface area contributed by atoms with Crippen molar-refractivity contribution in [1.29, 1.82) is 0 Å². The van der Waals surface area contributed by atoms with Crippen LogP contribution in [0.25, 0.3) is 0 Å². The van der Waals surface area contributed by atoms with Crippen molar-refractivity contribution in [2.75, 3.05) is 0 Å². The number of rotatable bonds is 4. The van der Waals surface area contributed by atoms with Crippen molar-refractivity contribution < 1.29 is 25.3 Å². The third kappa shape index (κ3) is 9.86. The van der Waals surface area contributed by atoms with Gasteiger partial charge in [-0.3, -0.25) is 9.59 Å². The summed E-state index contributed by atoms with van der Waals surface area (Å²) in [4.78, 5) is 19.9. The normalized spacial score (nSPS) is 10.4. The molecule has 6 N–H and O–H groups in total. The second-order valence-electron chi connectivity index (χ2n) is 1.88. The molecule has 6 nitrogen and oxygen atoms in total. The monoisotopic (exact) mass is 189 g/mol. The summed E-state index contributed by atoms with van der Waals surface area (Å²) in [6.07, 6.45) is -0.224. The van der Waals surface area contributed by atoms with E-state index >= 15 is 0 Å². The summed E-state index contributed by atoms with van der Waals surface area (Å²) in [6, 6.07) is -1.06. The molecule has 12 heavy (non-hydrogen) atoms. The van der Waals surface area contributed by atoms with Crippen LogP contribution in [0.2, 0.25) is 0 Å². The van der Waals surface area contributed by atoms with E-state index in [1.54, 1.807) is 0 Å². The Balaban J connectivity index is -0.000000405. The molecular formula is C5H12NNaO5. The number of hydrogen-bond acceptors (Lipinski definition) is 3. The van der Waals surface area contributed by atoms with E-state index < -0.39 is 18.0 Å². The molecule has 0 aromatic rings. The summed E-state index contributed by atoms with van der Waals surface area (Å²) in [5.41, 5.74) is 5.00. The molecule has 0 fully saturated rings. The molecule has 0 amide bonds. The van der Waals surface area contributed by atoms with Gasteiger partial charge in [-0.2, -0.15) is 0 Å². The van der Waals surface area contributed by atoms with Gasteiger partial charge in [0.05, 0.1) is 0 Å². The Morgan fingerprint density at radius 3 is 2.00 bits per heavy atom. The fourth-order valence-electron chi connectivity index (χ4n) is 0.402. The molecule has 0 aliphatic carbocycles. The molecular weight excluding hydrogens is 177 g/mol. The first-order valence-electron chi connectivity index (χ1n) is 2.74. The average molecular weight is 189 g/mol. The van der Waals surface area contributed by atoms with Crippen molar-refractivity contribution in [2.45, 2.75) is 18.9 Å². The number of nitrogens with two attached hydrogens (primary N) is 1. The third-order valence-corrected chi connectivity index (χ3v) is 0.986. The first kappa shape index (κ1) is 17.8. The number of carboxylic acids is 2. The van der Waals surface area contributed by atoms with Gasteiger partial charge in [-0.05, 0) is 6.42 Å². The van der Waals surface area contributed by atoms with Crippen LogP contribution in [0.4, 0.5) is 0 Å². The van der Waals surface area contributed by atoms with Gasteiger partial charge in [0.15, 0.2) is 0 Å². The van der Waals surface area contributed by atoms with Crippen LogP contribution >= 0.6 is 0 Å². The van der Waals surface area contributed by atoms with E-state index in [1.807, 2.05) is 0 Å². The van der Waals surface area contributed by atoms with Gasteiger partial charge in [0.1, 0.15) is 6.04 Å². The van der Waals surface area contributed by atoms with Crippen LogP contribution in [0.15, 0.2) is 0 Å². The summed E-state index contributed by atoms with van der Waals surface area (Å²) < 4.78 is 0. The van der Waals surface area contributed by atoms with Crippen LogP contribution in [-0.2, 0) is 9.59 Å². The number of carboxylic acid groups (broad SMARTS) is 2. The molecule has 0 radical (unpaired) electrons. The summed E-state index contributed by atoms with van der Waals surface area (Å²) >= 11 is 0. The van der Waals surface area contributed by atoms with Gasteiger partial charge < -0.3 is 21.4 Å². The molecule has 0 aliphatic heterocycles. The van der Waals surface area contributed by atoms with Crippen LogP contribution in [-0.4, -0.2) is 63.2 Å².